The lowest BCUT2D eigenvalue weighted by Crippen LogP contribution is -2.43. The van der Waals surface area contributed by atoms with E-state index in [0.29, 0.717) is 12.0 Å². The minimum absolute atomic E-state index is 0.339. The molecule has 29 heavy (non-hydrogen) atoms. The van der Waals surface area contributed by atoms with Crippen LogP contribution in [0.15, 0.2) is 47.7 Å². The molecule has 0 spiro atoms. The van der Waals surface area contributed by atoms with Crippen LogP contribution < -0.4 is 10.6 Å². The third kappa shape index (κ3) is 6.32. The van der Waals surface area contributed by atoms with Crippen LogP contribution in [0, 0.1) is 5.41 Å². The molecule has 0 aliphatic heterocycles. The predicted molar refractivity (Wildman–Crippen MR) is 118 cm³/mol. The minimum Gasteiger partial charge on any atom is -0.382 e. The summed E-state index contributed by atoms with van der Waals surface area (Å²) in [5.41, 5.74) is 2.56. The Morgan fingerprint density at radius 1 is 1.21 bits per heavy atom. The Bertz CT molecular complexity index is 750. The van der Waals surface area contributed by atoms with Crippen LogP contribution in [-0.2, 0) is 11.3 Å². The van der Waals surface area contributed by atoms with Crippen molar-refractivity contribution in [1.82, 2.24) is 20.4 Å². The number of guanidine groups is 1. The Balaban J connectivity index is 1.61. The molecule has 2 aromatic rings. The highest BCUT2D eigenvalue weighted by molar-refractivity contribution is 5.79. The van der Waals surface area contributed by atoms with Gasteiger partial charge in [0, 0.05) is 38.7 Å². The lowest BCUT2D eigenvalue weighted by Gasteiger charge is -2.30. The molecule has 1 aliphatic rings. The van der Waals surface area contributed by atoms with Gasteiger partial charge in [-0.1, -0.05) is 25.0 Å². The zero-order valence-electron chi connectivity index (χ0n) is 17.9. The van der Waals surface area contributed by atoms with E-state index in [4.69, 9.17) is 9.73 Å². The van der Waals surface area contributed by atoms with Crippen LogP contribution in [0.25, 0.3) is 5.69 Å². The standard InChI is InChI=1S/C23H35N5O/c1-3-24-22(26-19-23(11-5-6-12-23)13-16-29-4-2)25-18-20-9-7-10-21(17-20)28-15-8-14-27-28/h7-10,14-15,17H,3-6,11-13,16,18-19H2,1-2H3,(H2,24,25,26). The van der Waals surface area contributed by atoms with Crippen molar-refractivity contribution in [3.8, 4) is 5.69 Å². The molecule has 1 aliphatic carbocycles. The van der Waals surface area contributed by atoms with Crippen molar-refractivity contribution in [2.24, 2.45) is 10.4 Å². The number of nitrogens with one attached hydrogen (secondary N) is 2. The average Bonchev–Trinajstić information content (AvgIpc) is 3.43. The first-order chi connectivity index (χ1) is 14.2. The molecule has 3 rings (SSSR count). The van der Waals surface area contributed by atoms with Crippen molar-refractivity contribution in [2.45, 2.75) is 52.5 Å². The summed E-state index contributed by atoms with van der Waals surface area (Å²) in [4.78, 5) is 4.83. The number of nitrogens with zero attached hydrogens (tertiary/aromatic N) is 3. The van der Waals surface area contributed by atoms with E-state index < -0.39 is 0 Å². The Morgan fingerprint density at radius 2 is 2.07 bits per heavy atom. The molecule has 1 aromatic heterocycles. The molecule has 0 amide bonds. The quantitative estimate of drug-likeness (QED) is 0.362. The van der Waals surface area contributed by atoms with Crippen LogP contribution in [0.3, 0.4) is 0 Å². The van der Waals surface area contributed by atoms with Gasteiger partial charge in [-0.3, -0.25) is 0 Å². The Kier molecular flexibility index (Phi) is 8.11. The van der Waals surface area contributed by atoms with E-state index >= 15 is 0 Å². The Labute approximate surface area is 174 Å². The molecule has 6 nitrogen and oxygen atoms in total. The summed E-state index contributed by atoms with van der Waals surface area (Å²) in [5.74, 6) is 0.889. The fourth-order valence-electron chi connectivity index (χ4n) is 4.08. The van der Waals surface area contributed by atoms with Crippen molar-refractivity contribution in [3.05, 3.63) is 48.3 Å². The maximum absolute atomic E-state index is 5.64. The lowest BCUT2D eigenvalue weighted by atomic mass is 9.83. The number of aliphatic imine (C=N–C) groups is 1. The maximum atomic E-state index is 5.64. The summed E-state index contributed by atoms with van der Waals surface area (Å²) in [6.07, 6.45) is 10.1. The Hall–Kier alpha value is -2.34. The third-order valence-electron chi connectivity index (χ3n) is 5.72. The zero-order chi connectivity index (χ0) is 20.4. The van der Waals surface area contributed by atoms with Crippen LogP contribution in [-0.4, -0.2) is 42.0 Å². The van der Waals surface area contributed by atoms with E-state index in [0.717, 1.165) is 44.4 Å². The van der Waals surface area contributed by atoms with Gasteiger partial charge in [0.15, 0.2) is 5.96 Å². The van der Waals surface area contributed by atoms with Crippen molar-refractivity contribution < 1.29 is 4.74 Å². The molecular weight excluding hydrogens is 362 g/mol. The van der Waals surface area contributed by atoms with Crippen molar-refractivity contribution >= 4 is 5.96 Å². The van der Waals surface area contributed by atoms with Crippen LogP contribution in [0.5, 0.6) is 0 Å². The number of ether oxygens (including phenoxy) is 1. The number of rotatable bonds is 10. The van der Waals surface area contributed by atoms with Crippen molar-refractivity contribution in [2.75, 3.05) is 26.3 Å². The number of aromatic nitrogens is 2. The number of benzene rings is 1. The molecular formula is C23H35N5O. The minimum atomic E-state index is 0.339. The van der Waals surface area contributed by atoms with Gasteiger partial charge in [-0.25, -0.2) is 9.67 Å². The van der Waals surface area contributed by atoms with Crippen LogP contribution >= 0.6 is 0 Å². The van der Waals surface area contributed by atoms with E-state index in [1.807, 2.05) is 16.9 Å². The van der Waals surface area contributed by atoms with Gasteiger partial charge in [0.2, 0.25) is 0 Å². The largest absolute Gasteiger partial charge is 0.382 e. The van der Waals surface area contributed by atoms with E-state index in [1.54, 1.807) is 6.20 Å². The predicted octanol–water partition coefficient (Wildman–Crippen LogP) is 3.91. The van der Waals surface area contributed by atoms with Crippen LogP contribution in [0.4, 0.5) is 0 Å². The highest BCUT2D eigenvalue weighted by atomic mass is 16.5. The second kappa shape index (κ2) is 11.0. The average molecular weight is 398 g/mol. The summed E-state index contributed by atoms with van der Waals surface area (Å²) < 4.78 is 7.52. The molecule has 158 valence electrons. The molecule has 0 atom stereocenters. The van der Waals surface area contributed by atoms with Crippen molar-refractivity contribution in [1.29, 1.82) is 0 Å². The summed E-state index contributed by atoms with van der Waals surface area (Å²) >= 11 is 0. The second-order valence-electron chi connectivity index (χ2n) is 7.82. The van der Waals surface area contributed by atoms with Crippen LogP contribution in [0.1, 0.15) is 51.5 Å². The number of hydrogen-bond acceptors (Lipinski definition) is 3. The Morgan fingerprint density at radius 3 is 2.79 bits per heavy atom. The van der Waals surface area contributed by atoms with Gasteiger partial charge in [-0.2, -0.15) is 5.10 Å². The molecule has 1 fully saturated rings. The molecule has 0 bridgehead atoms. The fraction of sp³-hybridized carbons (Fsp3) is 0.565. The first kappa shape index (κ1) is 21.4. The SMILES string of the molecule is CCNC(=NCc1cccc(-n2cccn2)c1)NCC1(CCOCC)CCCC1. The molecule has 0 radical (unpaired) electrons. The third-order valence-corrected chi connectivity index (χ3v) is 5.72. The molecule has 1 aromatic carbocycles. The van der Waals surface area contributed by atoms with Gasteiger partial charge in [-0.15, -0.1) is 0 Å². The van der Waals surface area contributed by atoms with Gasteiger partial charge < -0.3 is 15.4 Å². The lowest BCUT2D eigenvalue weighted by molar-refractivity contribution is 0.105. The van der Waals surface area contributed by atoms with Gasteiger partial charge in [0.05, 0.1) is 12.2 Å². The highest BCUT2D eigenvalue weighted by Crippen LogP contribution is 2.40. The number of hydrogen-bond donors (Lipinski definition) is 2. The van der Waals surface area contributed by atoms with Gasteiger partial charge in [-0.05, 0) is 62.3 Å². The monoisotopic (exact) mass is 397 g/mol. The molecule has 1 saturated carbocycles. The van der Waals surface area contributed by atoms with E-state index in [-0.39, 0.29) is 0 Å². The van der Waals surface area contributed by atoms with Gasteiger partial charge in [0.25, 0.3) is 0 Å². The van der Waals surface area contributed by atoms with Crippen molar-refractivity contribution in [3.63, 3.8) is 0 Å². The first-order valence-corrected chi connectivity index (χ1v) is 10.9. The second-order valence-corrected chi connectivity index (χ2v) is 7.82. The summed E-state index contributed by atoms with van der Waals surface area (Å²) in [6.45, 7) is 8.27. The fourth-order valence-corrected chi connectivity index (χ4v) is 4.08. The van der Waals surface area contributed by atoms with E-state index in [1.165, 1.54) is 31.2 Å². The molecule has 1 heterocycles. The zero-order valence-corrected chi connectivity index (χ0v) is 17.9. The summed E-state index contributed by atoms with van der Waals surface area (Å²) in [7, 11) is 0. The molecule has 6 heteroatoms. The van der Waals surface area contributed by atoms with E-state index in [9.17, 15) is 0 Å². The van der Waals surface area contributed by atoms with Gasteiger partial charge in [0.1, 0.15) is 0 Å². The molecule has 2 N–H and O–H groups in total. The normalized spacial score (nSPS) is 16.1. The smallest absolute Gasteiger partial charge is 0.191 e. The highest BCUT2D eigenvalue weighted by Gasteiger charge is 2.33. The summed E-state index contributed by atoms with van der Waals surface area (Å²) in [6, 6.07) is 10.3. The van der Waals surface area contributed by atoms with E-state index in [2.05, 4.69) is 53.8 Å². The molecule has 0 unspecified atom stereocenters. The topological polar surface area (TPSA) is 63.5 Å². The first-order valence-electron chi connectivity index (χ1n) is 10.9. The maximum Gasteiger partial charge on any atom is 0.191 e. The molecule has 0 saturated heterocycles. The van der Waals surface area contributed by atoms with Gasteiger partial charge >= 0.3 is 0 Å². The van der Waals surface area contributed by atoms with Crippen LogP contribution in [0.2, 0.25) is 0 Å². The summed E-state index contributed by atoms with van der Waals surface area (Å²) in [5, 5.41) is 11.3.